The van der Waals surface area contributed by atoms with Crippen LogP contribution in [0.25, 0.3) is 20.9 Å². The van der Waals surface area contributed by atoms with Crippen LogP contribution in [0.15, 0.2) is 92.6 Å². The van der Waals surface area contributed by atoms with Crippen molar-refractivity contribution in [1.82, 2.24) is 9.13 Å². The molecular weight excluding hydrogens is 846 g/mol. The van der Waals surface area contributed by atoms with E-state index in [0.29, 0.717) is 23.4 Å². The number of pyridine rings is 2. The van der Waals surface area contributed by atoms with E-state index in [0.717, 1.165) is 84.1 Å². The van der Waals surface area contributed by atoms with Gasteiger partial charge in [-0.25, -0.2) is 0 Å². The Bertz CT molecular complexity index is 3000. The molecule has 2 aromatic carbocycles. The average Bonchev–Trinajstić information content (AvgIpc) is 3.63. The van der Waals surface area contributed by atoms with E-state index in [2.05, 4.69) is 33.8 Å². The molecule has 0 radical (unpaired) electrons. The van der Waals surface area contributed by atoms with Crippen molar-refractivity contribution in [3.63, 3.8) is 0 Å². The summed E-state index contributed by atoms with van der Waals surface area (Å²) < 4.78 is 3.19. The second-order valence-corrected chi connectivity index (χ2v) is 19.2. The van der Waals surface area contributed by atoms with E-state index < -0.39 is 12.1 Å². The lowest BCUT2D eigenvalue weighted by molar-refractivity contribution is -0.120. The van der Waals surface area contributed by atoms with Crippen molar-refractivity contribution >= 4 is 57.3 Å². The average molecular weight is 897 g/mol. The van der Waals surface area contributed by atoms with Crippen LogP contribution in [0, 0.1) is 39.0 Å². The van der Waals surface area contributed by atoms with E-state index >= 15 is 0 Å². The fraction of sp³-hybridized carbons (Fsp3) is 0.314. The van der Waals surface area contributed by atoms with E-state index in [1.165, 1.54) is 15.3 Å². The Morgan fingerprint density at radius 2 is 1.08 bits per heavy atom. The summed E-state index contributed by atoms with van der Waals surface area (Å²) in [4.78, 5) is 65.2. The third kappa shape index (κ3) is 9.17. The molecule has 12 heteroatoms. The predicted octanol–water partition coefficient (Wildman–Crippen LogP) is 11.3. The Morgan fingerprint density at radius 1 is 0.683 bits per heavy atom. The number of nitrogens with zero attached hydrogens (tertiary/aromatic N) is 5. The van der Waals surface area contributed by atoms with Gasteiger partial charge in [-0.15, -0.1) is 22.7 Å². The number of hydrogen-bond acceptors (Lipinski definition) is 9. The maximum Gasteiger partial charge on any atom is 0.250 e. The molecule has 2 aliphatic heterocycles. The number of aliphatic imine (C=N–C) groups is 2. The number of hydrogen-bond donors (Lipinski definition) is 0. The molecule has 63 heavy (non-hydrogen) atoms. The number of Topliss-reactive ketones (excluding diaryl/α,β-unsaturated/α-hetero) is 2. The van der Waals surface area contributed by atoms with Crippen molar-refractivity contribution < 1.29 is 9.59 Å². The molecule has 0 fully saturated rings. The molecule has 9 nitrogen and oxygen atoms in total. The second kappa shape index (κ2) is 18.9. The number of fused-ring (bicyclic) bond motifs is 6. The monoisotopic (exact) mass is 895 g/mol. The fourth-order valence-electron chi connectivity index (χ4n) is 8.26. The largest absolute Gasteiger partial charge is 0.318 e. The zero-order valence-corrected chi connectivity index (χ0v) is 39.3. The predicted molar refractivity (Wildman–Crippen MR) is 257 cm³/mol. The van der Waals surface area contributed by atoms with Gasteiger partial charge in [0.1, 0.15) is 11.6 Å². The number of rotatable bonds is 10. The molecule has 0 saturated heterocycles. The fourth-order valence-corrected chi connectivity index (χ4v) is 10.8. The first-order chi connectivity index (χ1) is 30.1. The summed E-state index contributed by atoms with van der Waals surface area (Å²) in [6.45, 7) is 12.4. The van der Waals surface area contributed by atoms with Crippen molar-refractivity contribution in [3.05, 3.63) is 159 Å². The number of aryl methyl sites for hydroxylation is 4. The molecule has 0 amide bonds. The van der Waals surface area contributed by atoms with E-state index in [9.17, 15) is 24.4 Å². The number of halogens is 1. The van der Waals surface area contributed by atoms with Gasteiger partial charge in [0.05, 0.1) is 35.1 Å². The van der Waals surface area contributed by atoms with Crippen LogP contribution < -0.4 is 11.1 Å². The van der Waals surface area contributed by atoms with Gasteiger partial charge in [0.2, 0.25) is 0 Å². The minimum absolute atomic E-state index is 0.0941. The topological polar surface area (TPSA) is 127 Å². The summed E-state index contributed by atoms with van der Waals surface area (Å²) in [7, 11) is 3.51. The van der Waals surface area contributed by atoms with Gasteiger partial charge in [0.15, 0.2) is 0 Å². The molecule has 0 spiro atoms. The summed E-state index contributed by atoms with van der Waals surface area (Å²) in [5.74, 6) is 0.307. The summed E-state index contributed by atoms with van der Waals surface area (Å²) >= 11 is 9.54. The van der Waals surface area contributed by atoms with Gasteiger partial charge >= 0.3 is 0 Å². The first-order valence-electron chi connectivity index (χ1n) is 21.2. The molecule has 4 aromatic heterocycles. The van der Waals surface area contributed by atoms with Crippen LogP contribution in [-0.4, -0.2) is 32.1 Å². The first kappa shape index (κ1) is 45.2. The zero-order valence-electron chi connectivity index (χ0n) is 36.9. The van der Waals surface area contributed by atoms with Gasteiger partial charge in [0.25, 0.3) is 11.1 Å². The first-order valence-corrected chi connectivity index (χ1v) is 23.2. The molecule has 8 rings (SSSR count). The number of aromatic nitrogens is 2. The second-order valence-electron chi connectivity index (χ2n) is 16.3. The standard InChI is InChI=1S/C26H25N3O2S.C25H25ClN2O2S/c1-5-6-19(30)11-22-20-12-23(31)29(4)14-21(20)26-24(15(2)16(3)32-26)25(28-22)18-9-7-17(13-27)8-10-18;1-5-6-18(29)11-21-19-12-22(30)28(4)13-20(19)25-23(14(2)15(3)31-25)24(27-21)16-7-9-17(26)10-8-16/h7-10,12,14,22H,5-6,11H2,1-4H3;7-10,12-13,21H,5-6,11H2,1-4H3/t22-;21-/m00/s1. The molecule has 0 N–H and O–H groups in total. The van der Waals surface area contributed by atoms with E-state index in [-0.39, 0.29) is 35.5 Å². The Balaban J connectivity index is 0.000000189. The molecular formula is C51H50ClN5O4S2. The summed E-state index contributed by atoms with van der Waals surface area (Å²) in [6.07, 6.45) is 6.92. The molecule has 6 heterocycles. The third-order valence-electron chi connectivity index (χ3n) is 11.8. The highest BCUT2D eigenvalue weighted by Crippen LogP contribution is 2.46. The number of carbonyl (C=O) groups excluding carboxylic acids is 2. The molecule has 2 atom stereocenters. The van der Waals surface area contributed by atoms with Crippen LogP contribution in [0.2, 0.25) is 5.02 Å². The Kier molecular flexibility index (Phi) is 13.6. The summed E-state index contributed by atoms with van der Waals surface area (Å²) in [5, 5.41) is 9.87. The zero-order chi connectivity index (χ0) is 45.3. The van der Waals surface area contributed by atoms with Crippen molar-refractivity contribution in [2.45, 2.75) is 92.2 Å². The Labute approximate surface area is 381 Å². The van der Waals surface area contributed by atoms with Crippen molar-refractivity contribution in [2.75, 3.05) is 0 Å². The van der Waals surface area contributed by atoms with Gasteiger partial charge in [-0.05, 0) is 87.1 Å². The maximum atomic E-state index is 12.7. The van der Waals surface area contributed by atoms with Gasteiger partial charge in [-0.3, -0.25) is 29.2 Å². The summed E-state index contributed by atoms with van der Waals surface area (Å²) in [6, 6.07) is 19.7. The lowest BCUT2D eigenvalue weighted by Crippen LogP contribution is -2.18. The van der Waals surface area contributed by atoms with E-state index in [4.69, 9.17) is 21.6 Å². The lowest BCUT2D eigenvalue weighted by Gasteiger charge is -2.16. The lowest BCUT2D eigenvalue weighted by atomic mass is 9.94. The van der Waals surface area contributed by atoms with E-state index in [1.807, 2.05) is 62.6 Å². The highest BCUT2D eigenvalue weighted by Gasteiger charge is 2.32. The number of carbonyl (C=O) groups is 2. The quantitative estimate of drug-likeness (QED) is 0.135. The van der Waals surface area contributed by atoms with Crippen molar-refractivity contribution in [2.24, 2.45) is 24.1 Å². The number of nitriles is 1. The number of ketones is 2. The minimum Gasteiger partial charge on any atom is -0.318 e. The number of benzene rings is 2. The van der Waals surface area contributed by atoms with Crippen LogP contribution >= 0.6 is 34.3 Å². The van der Waals surface area contributed by atoms with Crippen LogP contribution in [0.4, 0.5) is 0 Å². The SMILES string of the molecule is CCCC(=O)C[C@@H]1N=C(c2ccc(C#N)cc2)c2c(sc(C)c2C)-c2cn(C)c(=O)cc21.CCCC(=O)C[C@@H]1N=C(c2ccc(Cl)cc2)c2c(sc(C)c2C)-c2cn(C)c(=O)cc21. The number of thiophene rings is 2. The molecule has 0 saturated carbocycles. The van der Waals surface area contributed by atoms with Crippen LogP contribution in [0.3, 0.4) is 0 Å². The molecule has 2 aliphatic rings. The Hall–Kier alpha value is -5.80. The van der Waals surface area contributed by atoms with Gasteiger partial charge < -0.3 is 9.13 Å². The highest BCUT2D eigenvalue weighted by molar-refractivity contribution is 7.16. The smallest absolute Gasteiger partial charge is 0.250 e. The Morgan fingerprint density at radius 3 is 1.46 bits per heavy atom. The third-order valence-corrected chi connectivity index (χ3v) is 14.6. The molecule has 0 bridgehead atoms. The van der Waals surface area contributed by atoms with Crippen molar-refractivity contribution in [3.8, 4) is 27.0 Å². The van der Waals surface area contributed by atoms with Crippen LogP contribution in [-0.2, 0) is 23.7 Å². The van der Waals surface area contributed by atoms with Crippen LogP contribution in [0.1, 0.15) is 124 Å². The van der Waals surface area contributed by atoms with Crippen molar-refractivity contribution in [1.29, 1.82) is 5.26 Å². The van der Waals surface area contributed by atoms with Crippen LogP contribution in [0.5, 0.6) is 0 Å². The van der Waals surface area contributed by atoms with E-state index in [1.54, 1.807) is 70.2 Å². The normalized spacial score (nSPS) is 14.9. The van der Waals surface area contributed by atoms with Gasteiger partial charge in [-0.2, -0.15) is 5.26 Å². The molecule has 322 valence electrons. The van der Waals surface area contributed by atoms with Gasteiger partial charge in [-0.1, -0.05) is 49.7 Å². The highest BCUT2D eigenvalue weighted by atomic mass is 35.5. The minimum atomic E-state index is -0.428. The molecule has 6 aromatic rings. The maximum absolute atomic E-state index is 12.7. The summed E-state index contributed by atoms with van der Waals surface area (Å²) in [5.41, 5.74) is 11.9. The van der Waals surface area contributed by atoms with Gasteiger partial charge in [0, 0.05) is 122 Å². The molecule has 0 unspecified atom stereocenters. The molecule has 0 aliphatic carbocycles.